The lowest BCUT2D eigenvalue weighted by Crippen LogP contribution is -2.41. The molecule has 9 heteroatoms. The lowest BCUT2D eigenvalue weighted by atomic mass is 9.97. The quantitative estimate of drug-likeness (QED) is 0.568. The Morgan fingerprint density at radius 1 is 0.933 bits per heavy atom. The molecule has 0 spiro atoms. The summed E-state index contributed by atoms with van der Waals surface area (Å²) >= 11 is 18.1. The predicted molar refractivity (Wildman–Crippen MR) is 122 cm³/mol. The molecular formula is C21H23Cl3N2O3S. The highest BCUT2D eigenvalue weighted by molar-refractivity contribution is 7.89. The molecule has 30 heavy (non-hydrogen) atoms. The van der Waals surface area contributed by atoms with Crippen LogP contribution in [0.5, 0.6) is 0 Å². The Kier molecular flexibility index (Phi) is 7.04. The van der Waals surface area contributed by atoms with Crippen molar-refractivity contribution in [2.45, 2.75) is 38.5 Å². The second-order valence-electron chi connectivity index (χ2n) is 7.64. The van der Waals surface area contributed by atoms with Gasteiger partial charge in [-0.25, -0.2) is 8.42 Å². The number of carbonyl (C=O) groups is 1. The number of halogens is 3. The molecule has 1 amide bonds. The van der Waals surface area contributed by atoms with E-state index in [1.54, 1.807) is 0 Å². The first-order valence-electron chi connectivity index (χ1n) is 9.54. The van der Waals surface area contributed by atoms with E-state index in [0.717, 1.165) is 16.7 Å². The Bertz CT molecular complexity index is 1070. The van der Waals surface area contributed by atoms with Gasteiger partial charge < -0.3 is 5.32 Å². The molecule has 2 aromatic carbocycles. The summed E-state index contributed by atoms with van der Waals surface area (Å²) in [6.07, 6.45) is 0.849. The minimum Gasteiger partial charge on any atom is -0.324 e. The first-order valence-corrected chi connectivity index (χ1v) is 12.1. The number of anilines is 1. The van der Waals surface area contributed by atoms with Crippen molar-refractivity contribution in [1.29, 1.82) is 0 Å². The van der Waals surface area contributed by atoms with Crippen LogP contribution in [0.4, 0.5) is 5.69 Å². The zero-order valence-corrected chi connectivity index (χ0v) is 20.0. The maximum Gasteiger partial charge on any atom is 0.243 e. The van der Waals surface area contributed by atoms with Gasteiger partial charge >= 0.3 is 0 Å². The summed E-state index contributed by atoms with van der Waals surface area (Å²) in [5, 5.41) is 3.67. The van der Waals surface area contributed by atoms with Crippen molar-refractivity contribution in [1.82, 2.24) is 4.31 Å². The first-order chi connectivity index (χ1) is 14.0. The molecule has 1 heterocycles. The molecule has 0 radical (unpaired) electrons. The normalized spacial score (nSPS) is 15.9. The number of piperidine rings is 1. The van der Waals surface area contributed by atoms with E-state index in [1.165, 1.54) is 16.4 Å². The minimum atomic E-state index is -3.62. The van der Waals surface area contributed by atoms with Crippen molar-refractivity contribution in [3.8, 4) is 0 Å². The van der Waals surface area contributed by atoms with Gasteiger partial charge in [0.25, 0.3) is 0 Å². The zero-order chi connectivity index (χ0) is 22.2. The van der Waals surface area contributed by atoms with Gasteiger partial charge in [0, 0.05) is 19.0 Å². The molecule has 1 saturated heterocycles. The van der Waals surface area contributed by atoms with Gasteiger partial charge in [0.05, 0.1) is 25.7 Å². The predicted octanol–water partition coefficient (Wildman–Crippen LogP) is 5.61. The van der Waals surface area contributed by atoms with E-state index >= 15 is 0 Å². The number of amides is 1. The molecule has 0 atom stereocenters. The monoisotopic (exact) mass is 488 g/mol. The van der Waals surface area contributed by atoms with E-state index in [0.29, 0.717) is 38.5 Å². The molecule has 3 rings (SSSR count). The number of hydrogen-bond donors (Lipinski definition) is 1. The standard InChI is InChI=1S/C21H23Cl3N2O3S/c1-12-8-13(2)20(14(3)9-12)30(28,29)26-6-4-15(5-7-26)21(27)25-19-11-17(23)16(22)10-18(19)24/h8-11,15H,4-7H2,1-3H3,(H,25,27). The average Bonchev–Trinajstić information content (AvgIpc) is 2.65. The molecule has 0 bridgehead atoms. The van der Waals surface area contributed by atoms with Crippen molar-refractivity contribution < 1.29 is 13.2 Å². The minimum absolute atomic E-state index is 0.213. The number of benzene rings is 2. The highest BCUT2D eigenvalue weighted by atomic mass is 35.5. The Morgan fingerprint density at radius 2 is 1.47 bits per heavy atom. The largest absolute Gasteiger partial charge is 0.324 e. The number of sulfonamides is 1. The topological polar surface area (TPSA) is 66.5 Å². The molecule has 162 valence electrons. The first kappa shape index (κ1) is 23.4. The third-order valence-electron chi connectivity index (χ3n) is 5.30. The molecule has 5 nitrogen and oxygen atoms in total. The Labute approximate surface area is 192 Å². The fourth-order valence-electron chi connectivity index (χ4n) is 3.91. The summed E-state index contributed by atoms with van der Waals surface area (Å²) in [6.45, 7) is 6.13. The van der Waals surface area contributed by atoms with Crippen molar-refractivity contribution in [3.63, 3.8) is 0 Å². The smallest absolute Gasteiger partial charge is 0.243 e. The van der Waals surface area contributed by atoms with Crippen LogP contribution in [0.2, 0.25) is 15.1 Å². The lowest BCUT2D eigenvalue weighted by molar-refractivity contribution is -0.120. The van der Waals surface area contributed by atoms with E-state index in [1.807, 2.05) is 32.9 Å². The van der Waals surface area contributed by atoms with Gasteiger partial charge in [-0.3, -0.25) is 4.79 Å². The van der Waals surface area contributed by atoms with E-state index in [4.69, 9.17) is 34.8 Å². The van der Waals surface area contributed by atoms with Gasteiger partial charge in [-0.05, 0) is 56.9 Å². The Hall–Kier alpha value is -1.31. The van der Waals surface area contributed by atoms with Crippen LogP contribution in [-0.2, 0) is 14.8 Å². The number of nitrogens with one attached hydrogen (secondary N) is 1. The van der Waals surface area contributed by atoms with E-state index < -0.39 is 10.0 Å². The highest BCUT2D eigenvalue weighted by Gasteiger charge is 2.34. The van der Waals surface area contributed by atoms with E-state index in [2.05, 4.69) is 5.32 Å². The average molecular weight is 490 g/mol. The molecule has 0 unspecified atom stereocenters. The molecule has 1 aliphatic rings. The van der Waals surface area contributed by atoms with Crippen LogP contribution >= 0.6 is 34.8 Å². The van der Waals surface area contributed by atoms with Crippen LogP contribution in [0.25, 0.3) is 0 Å². The summed E-state index contributed by atoms with van der Waals surface area (Å²) in [5.41, 5.74) is 2.89. The van der Waals surface area contributed by atoms with E-state index in [9.17, 15) is 13.2 Å². The summed E-state index contributed by atoms with van der Waals surface area (Å²) in [7, 11) is -3.62. The van der Waals surface area contributed by atoms with Gasteiger partial charge in [-0.15, -0.1) is 0 Å². The third kappa shape index (κ3) is 4.78. The van der Waals surface area contributed by atoms with E-state index in [-0.39, 0.29) is 24.9 Å². The van der Waals surface area contributed by atoms with Gasteiger partial charge in [0.15, 0.2) is 0 Å². The van der Waals surface area contributed by atoms with Crippen molar-refractivity contribution in [2.75, 3.05) is 18.4 Å². The van der Waals surface area contributed by atoms with Crippen LogP contribution < -0.4 is 5.32 Å². The maximum atomic E-state index is 13.2. The van der Waals surface area contributed by atoms with Crippen LogP contribution in [0.3, 0.4) is 0 Å². The zero-order valence-electron chi connectivity index (χ0n) is 16.9. The fourth-order valence-corrected chi connectivity index (χ4v) is 6.39. The van der Waals surface area contributed by atoms with Crippen molar-refractivity contribution in [3.05, 3.63) is 56.0 Å². The van der Waals surface area contributed by atoms with Gasteiger partial charge in [0.2, 0.25) is 15.9 Å². The second-order valence-corrected chi connectivity index (χ2v) is 10.7. The van der Waals surface area contributed by atoms with Crippen LogP contribution in [0.1, 0.15) is 29.5 Å². The highest BCUT2D eigenvalue weighted by Crippen LogP contribution is 2.33. The van der Waals surface area contributed by atoms with Crippen molar-refractivity contribution in [2.24, 2.45) is 5.92 Å². The number of aryl methyl sites for hydroxylation is 3. The van der Waals surface area contributed by atoms with Crippen LogP contribution in [-0.4, -0.2) is 31.7 Å². The Balaban J connectivity index is 1.70. The number of rotatable bonds is 4. The third-order valence-corrected chi connectivity index (χ3v) is 8.53. The van der Waals surface area contributed by atoms with Crippen molar-refractivity contribution >= 4 is 56.4 Å². The number of carbonyl (C=O) groups excluding carboxylic acids is 1. The molecular weight excluding hydrogens is 467 g/mol. The van der Waals surface area contributed by atoms with Crippen LogP contribution in [0, 0.1) is 26.7 Å². The fraction of sp³-hybridized carbons (Fsp3) is 0.381. The molecule has 1 N–H and O–H groups in total. The van der Waals surface area contributed by atoms with Crippen LogP contribution in [0.15, 0.2) is 29.2 Å². The van der Waals surface area contributed by atoms with Gasteiger partial charge in [-0.1, -0.05) is 52.5 Å². The van der Waals surface area contributed by atoms with Gasteiger partial charge in [0.1, 0.15) is 0 Å². The summed E-state index contributed by atoms with van der Waals surface area (Å²) < 4.78 is 27.9. The molecule has 2 aromatic rings. The molecule has 1 aliphatic heterocycles. The second kappa shape index (κ2) is 9.05. The Morgan fingerprint density at radius 3 is 2.03 bits per heavy atom. The molecule has 0 aromatic heterocycles. The summed E-state index contributed by atoms with van der Waals surface area (Å²) in [4.78, 5) is 13.0. The number of hydrogen-bond acceptors (Lipinski definition) is 3. The molecule has 0 aliphatic carbocycles. The SMILES string of the molecule is Cc1cc(C)c(S(=O)(=O)N2CCC(C(=O)Nc3cc(Cl)c(Cl)cc3Cl)CC2)c(C)c1. The van der Waals surface area contributed by atoms with Gasteiger partial charge in [-0.2, -0.15) is 4.31 Å². The summed E-state index contributed by atoms with van der Waals surface area (Å²) in [5.74, 6) is -0.530. The maximum absolute atomic E-state index is 13.2. The molecule has 0 saturated carbocycles. The summed E-state index contributed by atoms with van der Waals surface area (Å²) in [6, 6.07) is 6.73. The number of nitrogens with zero attached hydrogens (tertiary/aromatic N) is 1. The molecule has 1 fully saturated rings. The lowest BCUT2D eigenvalue weighted by Gasteiger charge is -2.31.